The molecule has 2 aromatic rings. The smallest absolute Gasteiger partial charge is 0.318 e. The number of nitrogens with zero attached hydrogens (tertiary/aromatic N) is 2. The van der Waals surface area contributed by atoms with Crippen LogP contribution in [-0.4, -0.2) is 22.4 Å². The molecule has 0 heterocycles. The number of carbonyl (C=O) groups is 2. The molecule has 0 bridgehead atoms. The number of benzene rings is 2. The Morgan fingerprint density at radius 2 is 1.52 bits per heavy atom. The van der Waals surface area contributed by atoms with Gasteiger partial charge in [-0.2, -0.15) is 0 Å². The van der Waals surface area contributed by atoms with Gasteiger partial charge in [0.2, 0.25) is 5.78 Å². The summed E-state index contributed by atoms with van der Waals surface area (Å²) in [4.78, 5) is 39.3. The third-order valence-corrected chi connectivity index (χ3v) is 5.06. The molecule has 3 rings (SSSR count). The van der Waals surface area contributed by atoms with Gasteiger partial charge in [0.1, 0.15) is 5.71 Å². The van der Waals surface area contributed by atoms with Crippen molar-refractivity contribution in [2.24, 2.45) is 11.1 Å². The van der Waals surface area contributed by atoms with Gasteiger partial charge in [-0.3, -0.25) is 14.9 Å². The number of ketones is 1. The highest BCUT2D eigenvalue weighted by Crippen LogP contribution is 2.27. The highest BCUT2D eigenvalue weighted by atomic mass is 16.7. The summed E-state index contributed by atoms with van der Waals surface area (Å²) in [6.45, 7) is 1.26. The first-order chi connectivity index (χ1) is 14.0. The molecule has 0 unspecified atom stereocenters. The van der Waals surface area contributed by atoms with E-state index in [1.807, 2.05) is 0 Å². The van der Waals surface area contributed by atoms with Crippen LogP contribution < -0.4 is 0 Å². The SMILES string of the molecule is CC(=O)O/N=C(\C(=O)c1ccc(-c2ccc([N+](=O)[O-])cc2)cc1)C1CCCCC1. The molecule has 0 aliphatic heterocycles. The maximum Gasteiger partial charge on any atom is 0.331 e. The Bertz CT molecular complexity index is 927. The summed E-state index contributed by atoms with van der Waals surface area (Å²) in [6, 6.07) is 13.2. The molecule has 0 spiro atoms. The third kappa shape index (κ3) is 5.13. The van der Waals surface area contributed by atoms with E-state index in [1.54, 1.807) is 36.4 Å². The lowest BCUT2D eigenvalue weighted by molar-refractivity contribution is -0.384. The van der Waals surface area contributed by atoms with Gasteiger partial charge in [0.15, 0.2) is 0 Å². The van der Waals surface area contributed by atoms with Crippen LogP contribution in [0.25, 0.3) is 11.1 Å². The van der Waals surface area contributed by atoms with Gasteiger partial charge >= 0.3 is 5.97 Å². The Morgan fingerprint density at radius 1 is 0.966 bits per heavy atom. The van der Waals surface area contributed by atoms with Crippen molar-refractivity contribution in [2.75, 3.05) is 0 Å². The zero-order valence-electron chi connectivity index (χ0n) is 16.2. The summed E-state index contributed by atoms with van der Waals surface area (Å²) in [6.07, 6.45) is 4.89. The Morgan fingerprint density at radius 3 is 2.03 bits per heavy atom. The number of rotatable bonds is 6. The van der Waals surface area contributed by atoms with Crippen LogP contribution in [0.2, 0.25) is 0 Å². The number of nitro benzene ring substituents is 1. The maximum atomic E-state index is 13.0. The van der Waals surface area contributed by atoms with E-state index < -0.39 is 10.9 Å². The molecule has 0 saturated heterocycles. The van der Waals surface area contributed by atoms with Crippen molar-refractivity contribution in [1.82, 2.24) is 0 Å². The summed E-state index contributed by atoms with van der Waals surface area (Å²) < 4.78 is 0. The molecular formula is C22H22N2O5. The fourth-order valence-electron chi connectivity index (χ4n) is 3.53. The number of Topliss-reactive ketones (excluding diaryl/α,β-unsaturated/α-hetero) is 1. The Balaban J connectivity index is 1.82. The minimum absolute atomic E-state index is 0.00931. The summed E-state index contributed by atoms with van der Waals surface area (Å²) in [5.41, 5.74) is 2.44. The predicted molar refractivity (Wildman–Crippen MR) is 109 cm³/mol. The van der Waals surface area contributed by atoms with Crippen molar-refractivity contribution in [3.8, 4) is 11.1 Å². The van der Waals surface area contributed by atoms with Gasteiger partial charge in [0.05, 0.1) is 4.92 Å². The topological polar surface area (TPSA) is 98.9 Å². The molecule has 0 amide bonds. The van der Waals surface area contributed by atoms with Crippen LogP contribution in [0.1, 0.15) is 49.4 Å². The van der Waals surface area contributed by atoms with Crippen molar-refractivity contribution in [3.63, 3.8) is 0 Å². The van der Waals surface area contributed by atoms with Gasteiger partial charge in [-0.25, -0.2) is 4.79 Å². The molecule has 0 aromatic heterocycles. The minimum Gasteiger partial charge on any atom is -0.318 e. The number of hydrogen-bond acceptors (Lipinski definition) is 6. The summed E-state index contributed by atoms with van der Waals surface area (Å²) in [7, 11) is 0. The Labute approximate surface area is 168 Å². The van der Waals surface area contributed by atoms with Crippen LogP contribution in [0.3, 0.4) is 0 Å². The molecule has 0 atom stereocenters. The van der Waals surface area contributed by atoms with Crippen LogP contribution in [0.15, 0.2) is 53.7 Å². The Hall–Kier alpha value is -3.35. The maximum absolute atomic E-state index is 13.0. The van der Waals surface area contributed by atoms with Crippen LogP contribution in [0, 0.1) is 16.0 Å². The number of oxime groups is 1. The lowest BCUT2D eigenvalue weighted by atomic mass is 9.83. The summed E-state index contributed by atoms with van der Waals surface area (Å²) in [5, 5.41) is 14.7. The second-order valence-corrected chi connectivity index (χ2v) is 7.10. The van der Waals surface area contributed by atoms with Crippen molar-refractivity contribution in [1.29, 1.82) is 0 Å². The van der Waals surface area contributed by atoms with E-state index in [1.165, 1.54) is 19.1 Å². The molecule has 1 fully saturated rings. The summed E-state index contributed by atoms with van der Waals surface area (Å²) in [5.74, 6) is -0.807. The van der Waals surface area contributed by atoms with E-state index in [-0.39, 0.29) is 17.4 Å². The predicted octanol–water partition coefficient (Wildman–Crippen LogP) is 4.94. The fourth-order valence-corrected chi connectivity index (χ4v) is 3.53. The van der Waals surface area contributed by atoms with Crippen LogP contribution in [-0.2, 0) is 9.63 Å². The fraction of sp³-hybridized carbons (Fsp3) is 0.318. The number of carbonyl (C=O) groups excluding carboxylic acids is 2. The van der Waals surface area contributed by atoms with Crippen LogP contribution in [0.5, 0.6) is 0 Å². The van der Waals surface area contributed by atoms with Crippen molar-refractivity contribution < 1.29 is 19.3 Å². The molecular weight excluding hydrogens is 372 g/mol. The van der Waals surface area contributed by atoms with Gasteiger partial charge in [0, 0.05) is 30.5 Å². The largest absolute Gasteiger partial charge is 0.331 e. The molecule has 1 aliphatic rings. The minimum atomic E-state index is -0.556. The van der Waals surface area contributed by atoms with Crippen molar-refractivity contribution >= 4 is 23.2 Å². The van der Waals surface area contributed by atoms with Gasteiger partial charge in [0.25, 0.3) is 5.69 Å². The number of non-ortho nitro benzene ring substituents is 1. The average Bonchev–Trinajstić information content (AvgIpc) is 2.74. The molecule has 2 aromatic carbocycles. The van der Waals surface area contributed by atoms with E-state index in [0.717, 1.165) is 43.2 Å². The normalized spacial score (nSPS) is 15.0. The van der Waals surface area contributed by atoms with Gasteiger partial charge in [-0.1, -0.05) is 48.7 Å². The van der Waals surface area contributed by atoms with Gasteiger partial charge < -0.3 is 4.84 Å². The first kappa shape index (κ1) is 20.4. The van der Waals surface area contributed by atoms with Crippen LogP contribution in [0.4, 0.5) is 5.69 Å². The van der Waals surface area contributed by atoms with E-state index in [0.29, 0.717) is 11.3 Å². The zero-order chi connectivity index (χ0) is 20.8. The van der Waals surface area contributed by atoms with Crippen molar-refractivity contribution in [2.45, 2.75) is 39.0 Å². The number of nitro groups is 1. The highest BCUT2D eigenvalue weighted by molar-refractivity contribution is 6.46. The molecule has 7 heteroatoms. The second kappa shape index (κ2) is 9.23. The molecule has 29 heavy (non-hydrogen) atoms. The van der Waals surface area contributed by atoms with E-state index in [4.69, 9.17) is 4.84 Å². The standard InChI is InChI=1S/C22H22N2O5/c1-15(25)29-23-21(18-5-3-2-4-6-18)22(26)19-9-7-16(8-10-19)17-11-13-20(14-12-17)24(27)28/h7-14,18H,2-6H2,1H3/b23-21-. The van der Waals surface area contributed by atoms with E-state index in [2.05, 4.69) is 5.16 Å². The summed E-state index contributed by atoms with van der Waals surface area (Å²) >= 11 is 0. The van der Waals surface area contributed by atoms with Crippen LogP contribution >= 0.6 is 0 Å². The van der Waals surface area contributed by atoms with Gasteiger partial charge in [-0.05, 0) is 36.1 Å². The molecule has 0 N–H and O–H groups in total. The Kier molecular flexibility index (Phi) is 6.49. The highest BCUT2D eigenvalue weighted by Gasteiger charge is 2.27. The van der Waals surface area contributed by atoms with E-state index in [9.17, 15) is 19.7 Å². The molecule has 0 radical (unpaired) electrons. The lowest BCUT2D eigenvalue weighted by Crippen LogP contribution is -2.27. The molecule has 7 nitrogen and oxygen atoms in total. The lowest BCUT2D eigenvalue weighted by Gasteiger charge is -2.22. The molecule has 150 valence electrons. The zero-order valence-corrected chi connectivity index (χ0v) is 16.2. The quantitative estimate of drug-likeness (QED) is 0.227. The third-order valence-electron chi connectivity index (χ3n) is 5.06. The monoisotopic (exact) mass is 394 g/mol. The average molecular weight is 394 g/mol. The number of hydrogen-bond donors (Lipinski definition) is 0. The van der Waals surface area contributed by atoms with E-state index >= 15 is 0 Å². The van der Waals surface area contributed by atoms with Gasteiger partial charge in [-0.15, -0.1) is 0 Å². The molecule has 1 saturated carbocycles. The molecule has 1 aliphatic carbocycles. The van der Waals surface area contributed by atoms with Crippen molar-refractivity contribution in [3.05, 3.63) is 64.2 Å². The second-order valence-electron chi connectivity index (χ2n) is 7.10. The first-order valence-electron chi connectivity index (χ1n) is 9.61. The first-order valence-corrected chi connectivity index (χ1v) is 9.61.